The number of likely N-dealkylation sites (tertiary alicyclic amines) is 1. The molecule has 1 aliphatic heterocycles. The van der Waals surface area contributed by atoms with Crippen molar-refractivity contribution in [1.82, 2.24) is 9.47 Å². The Morgan fingerprint density at radius 1 is 1.18 bits per heavy atom. The molecular formula is C23H25FN2O2. The molecule has 1 aromatic heterocycles. The summed E-state index contributed by atoms with van der Waals surface area (Å²) >= 11 is 0. The van der Waals surface area contributed by atoms with Gasteiger partial charge >= 0.3 is 5.97 Å². The molecule has 2 aromatic carbocycles. The molecule has 146 valence electrons. The molecule has 1 unspecified atom stereocenters. The van der Waals surface area contributed by atoms with Crippen molar-refractivity contribution in [2.75, 3.05) is 19.7 Å². The lowest BCUT2D eigenvalue weighted by atomic mass is 9.98. The highest BCUT2D eigenvalue weighted by Gasteiger charge is 2.27. The lowest BCUT2D eigenvalue weighted by molar-refractivity contribution is -0.150. The number of rotatable bonds is 5. The van der Waals surface area contributed by atoms with Gasteiger partial charge in [0.25, 0.3) is 0 Å². The number of carbonyl (C=O) groups excluding carboxylic acids is 1. The Kier molecular flexibility index (Phi) is 5.44. The topological polar surface area (TPSA) is 34.5 Å². The number of carbonyl (C=O) groups is 1. The second kappa shape index (κ2) is 8.15. The van der Waals surface area contributed by atoms with Gasteiger partial charge in [0.05, 0.1) is 18.0 Å². The van der Waals surface area contributed by atoms with E-state index in [-0.39, 0.29) is 17.7 Å². The van der Waals surface area contributed by atoms with Crippen molar-refractivity contribution >= 4 is 16.9 Å². The monoisotopic (exact) mass is 380 g/mol. The van der Waals surface area contributed by atoms with E-state index in [0.717, 1.165) is 48.2 Å². The first-order valence-electron chi connectivity index (χ1n) is 9.90. The highest BCUT2D eigenvalue weighted by molar-refractivity contribution is 5.83. The normalized spacial score (nSPS) is 17.7. The molecule has 0 aliphatic carbocycles. The quantitative estimate of drug-likeness (QED) is 0.609. The minimum atomic E-state index is -0.241. The van der Waals surface area contributed by atoms with Crippen molar-refractivity contribution in [3.05, 3.63) is 66.1 Å². The van der Waals surface area contributed by atoms with E-state index in [2.05, 4.69) is 27.7 Å². The van der Waals surface area contributed by atoms with E-state index >= 15 is 0 Å². The maximum Gasteiger partial charge on any atom is 0.310 e. The fraction of sp³-hybridized carbons (Fsp3) is 0.348. The molecule has 2 heterocycles. The van der Waals surface area contributed by atoms with Gasteiger partial charge in [0.1, 0.15) is 5.82 Å². The van der Waals surface area contributed by atoms with E-state index < -0.39 is 0 Å². The average Bonchev–Trinajstić information content (AvgIpc) is 3.07. The third-order valence-corrected chi connectivity index (χ3v) is 5.38. The molecule has 1 atom stereocenters. The summed E-state index contributed by atoms with van der Waals surface area (Å²) in [4.78, 5) is 14.5. The van der Waals surface area contributed by atoms with Crippen LogP contribution in [0.1, 0.15) is 25.5 Å². The SMILES string of the molecule is CCOC(=O)C1CCCN(Cc2cc3ccccc3n2-c2ccc(F)cc2)C1. The summed E-state index contributed by atoms with van der Waals surface area (Å²) in [7, 11) is 0. The van der Waals surface area contributed by atoms with E-state index in [1.807, 2.05) is 31.2 Å². The number of piperidine rings is 1. The third-order valence-electron chi connectivity index (χ3n) is 5.38. The van der Waals surface area contributed by atoms with E-state index in [9.17, 15) is 9.18 Å². The van der Waals surface area contributed by atoms with Gasteiger partial charge in [0.2, 0.25) is 0 Å². The largest absolute Gasteiger partial charge is 0.466 e. The molecular weight excluding hydrogens is 355 g/mol. The predicted molar refractivity (Wildman–Crippen MR) is 108 cm³/mol. The summed E-state index contributed by atoms with van der Waals surface area (Å²) < 4.78 is 20.8. The molecule has 5 heteroatoms. The smallest absolute Gasteiger partial charge is 0.310 e. The first-order valence-corrected chi connectivity index (χ1v) is 9.90. The van der Waals surface area contributed by atoms with Crippen LogP contribution in [0, 0.1) is 11.7 Å². The number of aromatic nitrogens is 1. The van der Waals surface area contributed by atoms with Crippen LogP contribution in [0.4, 0.5) is 4.39 Å². The number of nitrogens with zero attached hydrogens (tertiary/aromatic N) is 2. The molecule has 1 fully saturated rings. The van der Waals surface area contributed by atoms with Crippen LogP contribution in [0.2, 0.25) is 0 Å². The van der Waals surface area contributed by atoms with Crippen LogP contribution in [0.3, 0.4) is 0 Å². The number of para-hydroxylation sites is 1. The average molecular weight is 380 g/mol. The second-order valence-electron chi connectivity index (χ2n) is 7.33. The molecule has 3 aromatic rings. The zero-order chi connectivity index (χ0) is 19.5. The van der Waals surface area contributed by atoms with E-state index in [0.29, 0.717) is 13.2 Å². The zero-order valence-corrected chi connectivity index (χ0v) is 16.1. The fourth-order valence-corrected chi connectivity index (χ4v) is 4.10. The second-order valence-corrected chi connectivity index (χ2v) is 7.33. The molecule has 28 heavy (non-hydrogen) atoms. The molecule has 4 nitrogen and oxygen atoms in total. The van der Waals surface area contributed by atoms with Crippen LogP contribution in [0.25, 0.3) is 16.6 Å². The Balaban J connectivity index is 1.64. The van der Waals surface area contributed by atoms with Gasteiger partial charge in [-0.1, -0.05) is 18.2 Å². The summed E-state index contributed by atoms with van der Waals surface area (Å²) in [6.07, 6.45) is 1.87. The number of ether oxygens (including phenoxy) is 1. The molecule has 0 radical (unpaired) electrons. The van der Waals surface area contributed by atoms with Gasteiger partial charge in [-0.2, -0.15) is 0 Å². The molecule has 4 rings (SSSR count). The van der Waals surface area contributed by atoms with Crippen LogP contribution in [0.5, 0.6) is 0 Å². The lowest BCUT2D eigenvalue weighted by Gasteiger charge is -2.31. The maximum atomic E-state index is 13.4. The Morgan fingerprint density at radius 3 is 2.75 bits per heavy atom. The molecule has 1 saturated heterocycles. The van der Waals surface area contributed by atoms with Crippen molar-refractivity contribution in [3.63, 3.8) is 0 Å². The van der Waals surface area contributed by atoms with Gasteiger partial charge < -0.3 is 9.30 Å². The van der Waals surface area contributed by atoms with Gasteiger partial charge in [-0.15, -0.1) is 0 Å². The lowest BCUT2D eigenvalue weighted by Crippen LogP contribution is -2.39. The first kappa shape index (κ1) is 18.7. The van der Waals surface area contributed by atoms with Crippen LogP contribution in [-0.2, 0) is 16.1 Å². The highest BCUT2D eigenvalue weighted by Crippen LogP contribution is 2.27. The standard InChI is InChI=1S/C23H25FN2O2/c1-2-28-23(27)18-7-5-13-25(15-18)16-21-14-17-6-3-4-8-22(17)26(21)20-11-9-19(24)10-12-20/h3-4,6,8-12,14,18H,2,5,7,13,15-16H2,1H3. The third kappa shape index (κ3) is 3.80. The summed E-state index contributed by atoms with van der Waals surface area (Å²) in [5.41, 5.74) is 3.18. The molecule has 0 saturated carbocycles. The Morgan fingerprint density at radius 2 is 1.96 bits per heavy atom. The van der Waals surface area contributed by atoms with Gasteiger partial charge in [0.15, 0.2) is 0 Å². The minimum Gasteiger partial charge on any atom is -0.466 e. The number of halogens is 1. The number of esters is 1. The highest BCUT2D eigenvalue weighted by atomic mass is 19.1. The first-order chi connectivity index (χ1) is 13.7. The number of benzene rings is 2. The van der Waals surface area contributed by atoms with Crippen molar-refractivity contribution < 1.29 is 13.9 Å². The number of hydrogen-bond donors (Lipinski definition) is 0. The summed E-state index contributed by atoms with van der Waals surface area (Å²) in [5, 5.41) is 1.15. The van der Waals surface area contributed by atoms with E-state index in [1.165, 1.54) is 12.1 Å². The van der Waals surface area contributed by atoms with Crippen LogP contribution < -0.4 is 0 Å². The van der Waals surface area contributed by atoms with E-state index in [1.54, 1.807) is 0 Å². The van der Waals surface area contributed by atoms with Crippen molar-refractivity contribution in [3.8, 4) is 5.69 Å². The zero-order valence-electron chi connectivity index (χ0n) is 16.1. The van der Waals surface area contributed by atoms with Crippen LogP contribution in [0.15, 0.2) is 54.6 Å². The number of hydrogen-bond acceptors (Lipinski definition) is 3. The van der Waals surface area contributed by atoms with Gasteiger partial charge in [-0.05, 0) is 62.7 Å². The minimum absolute atomic E-state index is 0.0580. The van der Waals surface area contributed by atoms with Gasteiger partial charge in [0, 0.05) is 29.9 Å². The van der Waals surface area contributed by atoms with E-state index in [4.69, 9.17) is 4.74 Å². The Hall–Kier alpha value is -2.66. The molecule has 1 aliphatic rings. The molecule has 0 N–H and O–H groups in total. The fourth-order valence-electron chi connectivity index (χ4n) is 4.10. The Labute approximate surface area is 164 Å². The summed E-state index contributed by atoms with van der Waals surface area (Å²) in [5.74, 6) is -0.390. The van der Waals surface area contributed by atoms with Gasteiger partial charge in [-0.3, -0.25) is 9.69 Å². The summed E-state index contributed by atoms with van der Waals surface area (Å²) in [6, 6.07) is 17.0. The van der Waals surface area contributed by atoms with Gasteiger partial charge in [-0.25, -0.2) is 4.39 Å². The van der Waals surface area contributed by atoms with Crippen LogP contribution >= 0.6 is 0 Å². The maximum absolute atomic E-state index is 13.4. The predicted octanol–water partition coefficient (Wildman–Crippen LogP) is 4.54. The van der Waals surface area contributed by atoms with Crippen molar-refractivity contribution in [2.45, 2.75) is 26.3 Å². The molecule has 0 spiro atoms. The number of fused-ring (bicyclic) bond motifs is 1. The summed E-state index contributed by atoms with van der Waals surface area (Å²) in [6.45, 7) is 4.68. The Bertz CT molecular complexity index is 964. The van der Waals surface area contributed by atoms with Crippen molar-refractivity contribution in [1.29, 1.82) is 0 Å². The molecule has 0 amide bonds. The molecule has 0 bridgehead atoms. The van der Waals surface area contributed by atoms with Crippen LogP contribution in [-0.4, -0.2) is 35.1 Å². The van der Waals surface area contributed by atoms with Crippen molar-refractivity contribution in [2.24, 2.45) is 5.92 Å².